The number of halogens is 3. The number of hydrogen-bond donors (Lipinski definition) is 0. The number of nitrogens with zero attached hydrogens (tertiary/aromatic N) is 1. The van der Waals surface area contributed by atoms with Crippen LogP contribution in [0.5, 0.6) is 5.75 Å². The predicted molar refractivity (Wildman–Crippen MR) is 134 cm³/mol. The van der Waals surface area contributed by atoms with E-state index in [-0.39, 0.29) is 11.5 Å². The Bertz CT molecular complexity index is 1140. The second-order valence-corrected chi connectivity index (χ2v) is 11.1. The lowest BCUT2D eigenvalue weighted by Crippen LogP contribution is -2.43. The van der Waals surface area contributed by atoms with Crippen molar-refractivity contribution < 1.29 is 23.5 Å². The summed E-state index contributed by atoms with van der Waals surface area (Å²) in [5, 5.41) is 0.793. The standard InChI is InChI=1S/C27H30Cl2FNO4/c1-15(34-17-9-10-21(28)22(29)12-17)18-14-23(30)20(13-19(18)16-7-8-16)25(32)31-11-5-6-24(31)26(33)35-27(2,3)4/h9-10,12-16,24H,5-8,11H2,1-4H3/t15-,24?/m1/s1. The molecule has 5 nitrogen and oxygen atoms in total. The Morgan fingerprint density at radius 3 is 2.43 bits per heavy atom. The van der Waals surface area contributed by atoms with Gasteiger partial charge in [0.25, 0.3) is 5.91 Å². The zero-order chi connectivity index (χ0) is 25.5. The number of likely N-dealkylation sites (tertiary alicyclic amines) is 1. The molecule has 1 aliphatic heterocycles. The zero-order valence-corrected chi connectivity index (χ0v) is 21.9. The van der Waals surface area contributed by atoms with Crippen molar-refractivity contribution in [3.8, 4) is 5.75 Å². The Labute approximate surface area is 215 Å². The summed E-state index contributed by atoms with van der Waals surface area (Å²) in [4.78, 5) is 27.5. The summed E-state index contributed by atoms with van der Waals surface area (Å²) in [5.41, 5.74) is 0.908. The molecule has 8 heteroatoms. The third-order valence-electron chi connectivity index (χ3n) is 6.25. The number of benzene rings is 2. The topological polar surface area (TPSA) is 55.8 Å². The second kappa shape index (κ2) is 9.98. The minimum Gasteiger partial charge on any atom is -0.486 e. The molecule has 2 fully saturated rings. The molecule has 1 heterocycles. The van der Waals surface area contributed by atoms with E-state index >= 15 is 4.39 Å². The van der Waals surface area contributed by atoms with Crippen LogP contribution in [0, 0.1) is 5.82 Å². The number of rotatable bonds is 6. The molecule has 1 aliphatic carbocycles. The van der Waals surface area contributed by atoms with Gasteiger partial charge in [0, 0.05) is 12.6 Å². The van der Waals surface area contributed by atoms with Crippen molar-refractivity contribution >= 4 is 35.1 Å². The summed E-state index contributed by atoms with van der Waals surface area (Å²) in [5.74, 6) is -0.800. The largest absolute Gasteiger partial charge is 0.486 e. The smallest absolute Gasteiger partial charge is 0.329 e. The highest BCUT2D eigenvalue weighted by molar-refractivity contribution is 6.42. The first-order valence-electron chi connectivity index (χ1n) is 11.9. The first kappa shape index (κ1) is 25.8. The maximum Gasteiger partial charge on any atom is 0.329 e. The molecule has 188 valence electrons. The Hall–Kier alpha value is -2.31. The fraction of sp³-hybridized carbons (Fsp3) is 0.481. The van der Waals surface area contributed by atoms with Crippen molar-refractivity contribution in [3.63, 3.8) is 0 Å². The molecule has 4 rings (SSSR count). The Balaban J connectivity index is 1.60. The Morgan fingerprint density at radius 2 is 1.80 bits per heavy atom. The first-order valence-corrected chi connectivity index (χ1v) is 12.7. The Morgan fingerprint density at radius 1 is 1.09 bits per heavy atom. The lowest BCUT2D eigenvalue weighted by Gasteiger charge is -2.28. The van der Waals surface area contributed by atoms with Crippen LogP contribution < -0.4 is 4.74 Å². The van der Waals surface area contributed by atoms with E-state index in [0.717, 1.165) is 18.4 Å². The van der Waals surface area contributed by atoms with Gasteiger partial charge in [-0.05, 0) is 94.7 Å². The van der Waals surface area contributed by atoms with Crippen LogP contribution >= 0.6 is 23.2 Å². The number of carbonyl (C=O) groups is 2. The molecular formula is C27H30Cl2FNO4. The van der Waals surface area contributed by atoms with Gasteiger partial charge in [-0.3, -0.25) is 4.79 Å². The quantitative estimate of drug-likeness (QED) is 0.380. The van der Waals surface area contributed by atoms with Crippen molar-refractivity contribution in [2.75, 3.05) is 6.54 Å². The van der Waals surface area contributed by atoms with Gasteiger partial charge in [-0.15, -0.1) is 0 Å². The van der Waals surface area contributed by atoms with Crippen LogP contribution in [0.2, 0.25) is 10.0 Å². The molecule has 1 saturated carbocycles. The van der Waals surface area contributed by atoms with E-state index in [1.807, 2.05) is 6.92 Å². The van der Waals surface area contributed by atoms with Gasteiger partial charge in [-0.25, -0.2) is 9.18 Å². The molecule has 2 aromatic carbocycles. The van der Waals surface area contributed by atoms with Crippen molar-refractivity contribution in [2.24, 2.45) is 0 Å². The maximum atomic E-state index is 15.4. The van der Waals surface area contributed by atoms with Gasteiger partial charge in [-0.1, -0.05) is 23.2 Å². The van der Waals surface area contributed by atoms with Crippen molar-refractivity contribution in [1.82, 2.24) is 4.90 Å². The highest BCUT2D eigenvalue weighted by Gasteiger charge is 2.39. The van der Waals surface area contributed by atoms with Crippen molar-refractivity contribution in [3.05, 3.63) is 62.9 Å². The van der Waals surface area contributed by atoms with Crippen LogP contribution in [0.15, 0.2) is 30.3 Å². The van der Waals surface area contributed by atoms with Gasteiger partial charge in [-0.2, -0.15) is 0 Å². The van der Waals surface area contributed by atoms with Crippen LogP contribution in [0.3, 0.4) is 0 Å². The number of ether oxygens (including phenoxy) is 2. The fourth-order valence-corrected chi connectivity index (χ4v) is 4.75. The summed E-state index contributed by atoms with van der Waals surface area (Å²) < 4.78 is 26.9. The number of amides is 1. The van der Waals surface area contributed by atoms with Crippen LogP contribution in [0.1, 0.15) is 86.9 Å². The van der Waals surface area contributed by atoms with Crippen LogP contribution in [-0.4, -0.2) is 35.0 Å². The average Bonchev–Trinajstić information content (AvgIpc) is 3.49. The van der Waals surface area contributed by atoms with E-state index in [2.05, 4.69) is 0 Å². The SMILES string of the molecule is C[C@@H](Oc1ccc(Cl)c(Cl)c1)c1cc(F)c(C(=O)N2CCCC2C(=O)OC(C)(C)C)cc1C1CC1. The normalized spacial score (nSPS) is 18.9. The minimum absolute atomic E-state index is 0.0205. The monoisotopic (exact) mass is 521 g/mol. The number of esters is 1. The molecule has 0 spiro atoms. The first-order chi connectivity index (χ1) is 16.4. The van der Waals surface area contributed by atoms with E-state index < -0.39 is 35.4 Å². The van der Waals surface area contributed by atoms with E-state index in [4.69, 9.17) is 32.7 Å². The summed E-state index contributed by atoms with van der Waals surface area (Å²) in [6, 6.07) is 7.30. The molecule has 0 radical (unpaired) electrons. The van der Waals surface area contributed by atoms with Crippen LogP contribution in [0.25, 0.3) is 0 Å². The number of carbonyl (C=O) groups excluding carboxylic acids is 2. The van der Waals surface area contributed by atoms with Gasteiger partial charge >= 0.3 is 5.97 Å². The fourth-order valence-electron chi connectivity index (χ4n) is 4.47. The third kappa shape index (κ3) is 5.92. The summed E-state index contributed by atoms with van der Waals surface area (Å²) in [7, 11) is 0. The van der Waals surface area contributed by atoms with Gasteiger partial charge < -0.3 is 14.4 Å². The third-order valence-corrected chi connectivity index (χ3v) is 6.99. The molecule has 1 saturated heterocycles. The lowest BCUT2D eigenvalue weighted by atomic mass is 9.95. The van der Waals surface area contributed by atoms with Gasteiger partial charge in [0.1, 0.15) is 29.3 Å². The summed E-state index contributed by atoms with van der Waals surface area (Å²) in [6.07, 6.45) is 2.64. The van der Waals surface area contributed by atoms with Gasteiger partial charge in [0.15, 0.2) is 0 Å². The van der Waals surface area contributed by atoms with Gasteiger partial charge in [0.2, 0.25) is 0 Å². The predicted octanol–water partition coefficient (Wildman–Crippen LogP) is 7.10. The minimum atomic E-state index is -0.706. The Kier molecular flexibility index (Phi) is 7.35. The molecule has 1 amide bonds. The second-order valence-electron chi connectivity index (χ2n) is 10.3. The van der Waals surface area contributed by atoms with E-state index in [9.17, 15) is 9.59 Å². The lowest BCUT2D eigenvalue weighted by molar-refractivity contribution is -0.159. The molecule has 1 unspecified atom stereocenters. The molecule has 2 atom stereocenters. The molecular weight excluding hydrogens is 492 g/mol. The highest BCUT2D eigenvalue weighted by Crippen LogP contribution is 2.45. The van der Waals surface area contributed by atoms with Crippen LogP contribution in [-0.2, 0) is 9.53 Å². The average molecular weight is 522 g/mol. The zero-order valence-electron chi connectivity index (χ0n) is 20.4. The molecule has 0 aromatic heterocycles. The molecule has 2 aromatic rings. The van der Waals surface area contributed by atoms with E-state index in [0.29, 0.717) is 40.7 Å². The molecule has 0 N–H and O–H groups in total. The summed E-state index contributed by atoms with van der Waals surface area (Å²) >= 11 is 12.1. The van der Waals surface area contributed by atoms with Gasteiger partial charge in [0.05, 0.1) is 15.6 Å². The molecule has 0 bridgehead atoms. The van der Waals surface area contributed by atoms with Crippen LogP contribution in [0.4, 0.5) is 4.39 Å². The van der Waals surface area contributed by atoms with Crippen molar-refractivity contribution in [1.29, 1.82) is 0 Å². The molecule has 2 aliphatic rings. The van der Waals surface area contributed by atoms with E-state index in [1.165, 1.54) is 11.0 Å². The highest BCUT2D eigenvalue weighted by atomic mass is 35.5. The number of hydrogen-bond acceptors (Lipinski definition) is 4. The van der Waals surface area contributed by atoms with Crippen molar-refractivity contribution in [2.45, 2.75) is 77.0 Å². The summed E-state index contributed by atoms with van der Waals surface area (Å²) in [6.45, 7) is 7.58. The molecule has 35 heavy (non-hydrogen) atoms. The van der Waals surface area contributed by atoms with E-state index in [1.54, 1.807) is 45.0 Å². The maximum absolute atomic E-state index is 15.4.